The molecule has 0 radical (unpaired) electrons. The molecule has 4 rings (SSSR count). The number of aryl methyl sites for hydroxylation is 1. The number of halogens is 1. The van der Waals surface area contributed by atoms with Crippen molar-refractivity contribution in [1.29, 1.82) is 0 Å². The number of carbonyl (C=O) groups is 1. The number of ketones is 1. The molecule has 0 bridgehead atoms. The molecule has 3 heterocycles. The molecule has 0 atom stereocenters. The summed E-state index contributed by atoms with van der Waals surface area (Å²) in [5, 5.41) is 1.86. The Morgan fingerprint density at radius 3 is 2.50 bits per heavy atom. The van der Waals surface area contributed by atoms with E-state index in [1.807, 2.05) is 11.4 Å². The van der Waals surface area contributed by atoms with Gasteiger partial charge in [-0.15, -0.1) is 23.7 Å². The van der Waals surface area contributed by atoms with Gasteiger partial charge in [0.25, 0.3) is 0 Å². The average molecular weight is 419 g/mol. The molecule has 0 unspecified atom stereocenters. The lowest BCUT2D eigenvalue weighted by molar-refractivity contribution is 0.103. The van der Waals surface area contributed by atoms with E-state index in [0.717, 1.165) is 26.2 Å². The predicted molar refractivity (Wildman–Crippen MR) is 115 cm³/mol. The van der Waals surface area contributed by atoms with Crippen LogP contribution in [0.4, 0.5) is 5.69 Å². The number of anilines is 1. The summed E-state index contributed by atoms with van der Waals surface area (Å²) in [4.78, 5) is 35.2. The summed E-state index contributed by atoms with van der Waals surface area (Å²) in [6.45, 7) is 6.31. The second-order valence-corrected chi connectivity index (χ2v) is 7.74. The Morgan fingerprint density at radius 1 is 1.07 bits per heavy atom. The van der Waals surface area contributed by atoms with Gasteiger partial charge in [-0.2, -0.15) is 0 Å². The predicted octanol–water partition coefficient (Wildman–Crippen LogP) is 3.05. The molecule has 6 nitrogen and oxygen atoms in total. The molecule has 0 aliphatic carbocycles. The van der Waals surface area contributed by atoms with Crippen LogP contribution in [0, 0.1) is 6.92 Å². The standard InChI is InChI=1S/C20H22N4O2S.ClH/c1-14-5-2-3-6-16(14)24-10-8-23(9-11-24)13-15-18(22-20(26)21-15)19(25)17-7-4-12-27-17;/h2-7,12H,8-11,13H2,1H3,(H2,21,22,26);1H. The van der Waals surface area contributed by atoms with E-state index in [4.69, 9.17) is 0 Å². The third-order valence-corrected chi connectivity index (χ3v) is 5.86. The Balaban J connectivity index is 0.00000225. The second-order valence-electron chi connectivity index (χ2n) is 6.79. The molecule has 2 aromatic heterocycles. The lowest BCUT2D eigenvalue weighted by Crippen LogP contribution is -2.46. The number of carbonyl (C=O) groups excluding carboxylic acids is 1. The van der Waals surface area contributed by atoms with Crippen molar-refractivity contribution < 1.29 is 4.79 Å². The first-order valence-corrected chi connectivity index (χ1v) is 9.92. The van der Waals surface area contributed by atoms with Crippen LogP contribution in [0.2, 0.25) is 0 Å². The van der Waals surface area contributed by atoms with Crippen LogP contribution in [0.5, 0.6) is 0 Å². The molecule has 1 fully saturated rings. The number of H-pyrrole nitrogens is 2. The SMILES string of the molecule is Cc1ccccc1N1CCN(Cc2[nH]c(=O)[nH]c2C(=O)c2cccs2)CC1.Cl. The summed E-state index contributed by atoms with van der Waals surface area (Å²) in [6, 6.07) is 12.0. The van der Waals surface area contributed by atoms with Gasteiger partial charge in [0.2, 0.25) is 5.78 Å². The Hall–Kier alpha value is -2.35. The van der Waals surface area contributed by atoms with E-state index in [1.54, 1.807) is 6.07 Å². The van der Waals surface area contributed by atoms with Crippen LogP contribution < -0.4 is 10.6 Å². The maximum atomic E-state index is 12.7. The number of nitrogens with one attached hydrogen (secondary N) is 2. The molecule has 148 valence electrons. The number of piperazine rings is 1. The van der Waals surface area contributed by atoms with E-state index >= 15 is 0 Å². The molecule has 1 saturated heterocycles. The van der Waals surface area contributed by atoms with Gasteiger partial charge in [-0.05, 0) is 30.0 Å². The average Bonchev–Trinajstić information content (AvgIpc) is 3.32. The lowest BCUT2D eigenvalue weighted by Gasteiger charge is -2.36. The number of rotatable bonds is 5. The number of hydrogen-bond donors (Lipinski definition) is 2. The Kier molecular flexibility index (Phi) is 6.39. The molecule has 3 aromatic rings. The highest BCUT2D eigenvalue weighted by Gasteiger charge is 2.23. The first-order valence-electron chi connectivity index (χ1n) is 9.04. The number of para-hydroxylation sites is 1. The first-order chi connectivity index (χ1) is 13.1. The minimum Gasteiger partial charge on any atom is -0.369 e. The highest BCUT2D eigenvalue weighted by molar-refractivity contribution is 7.12. The van der Waals surface area contributed by atoms with Gasteiger partial charge in [-0.3, -0.25) is 9.69 Å². The molecular formula is C20H23ClN4O2S. The van der Waals surface area contributed by atoms with Crippen LogP contribution in [0.1, 0.15) is 26.6 Å². The monoisotopic (exact) mass is 418 g/mol. The summed E-state index contributed by atoms with van der Waals surface area (Å²) in [6.07, 6.45) is 0. The zero-order valence-electron chi connectivity index (χ0n) is 15.6. The van der Waals surface area contributed by atoms with Crippen LogP contribution in [0.15, 0.2) is 46.6 Å². The van der Waals surface area contributed by atoms with Gasteiger partial charge >= 0.3 is 5.69 Å². The molecule has 0 amide bonds. The van der Waals surface area contributed by atoms with Crippen LogP contribution in [-0.2, 0) is 6.54 Å². The summed E-state index contributed by atoms with van der Waals surface area (Å²) < 4.78 is 0. The molecule has 0 spiro atoms. The summed E-state index contributed by atoms with van der Waals surface area (Å²) in [5.41, 5.74) is 3.28. The van der Waals surface area contributed by atoms with E-state index in [2.05, 4.69) is 51.0 Å². The molecule has 28 heavy (non-hydrogen) atoms. The van der Waals surface area contributed by atoms with Crippen molar-refractivity contribution in [2.75, 3.05) is 31.1 Å². The molecule has 0 saturated carbocycles. The smallest absolute Gasteiger partial charge is 0.323 e. The maximum absolute atomic E-state index is 12.7. The van der Waals surface area contributed by atoms with Crippen molar-refractivity contribution in [1.82, 2.24) is 14.9 Å². The highest BCUT2D eigenvalue weighted by Crippen LogP contribution is 2.22. The third kappa shape index (κ3) is 4.22. The molecule has 1 aliphatic rings. The molecule has 8 heteroatoms. The number of imidazole rings is 1. The Morgan fingerprint density at radius 2 is 1.82 bits per heavy atom. The summed E-state index contributed by atoms with van der Waals surface area (Å²) >= 11 is 1.38. The maximum Gasteiger partial charge on any atom is 0.323 e. The van der Waals surface area contributed by atoms with E-state index in [0.29, 0.717) is 22.8 Å². The molecule has 1 aliphatic heterocycles. The quantitative estimate of drug-likeness (QED) is 0.624. The van der Waals surface area contributed by atoms with Crippen LogP contribution in [-0.4, -0.2) is 46.8 Å². The fraction of sp³-hybridized carbons (Fsp3) is 0.300. The number of aromatic nitrogens is 2. The van der Waals surface area contributed by atoms with Crippen molar-refractivity contribution in [3.8, 4) is 0 Å². The Labute approximate surface area is 173 Å². The van der Waals surface area contributed by atoms with Gasteiger partial charge in [-0.25, -0.2) is 4.79 Å². The van der Waals surface area contributed by atoms with Crippen molar-refractivity contribution in [3.63, 3.8) is 0 Å². The zero-order chi connectivity index (χ0) is 18.8. The van der Waals surface area contributed by atoms with Crippen molar-refractivity contribution >= 4 is 35.2 Å². The Bertz CT molecular complexity index is 988. The second kappa shape index (κ2) is 8.77. The van der Waals surface area contributed by atoms with Crippen LogP contribution in [0.25, 0.3) is 0 Å². The molecule has 2 N–H and O–H groups in total. The van der Waals surface area contributed by atoms with Gasteiger partial charge < -0.3 is 14.9 Å². The normalized spacial score (nSPS) is 14.7. The third-order valence-electron chi connectivity index (χ3n) is 4.99. The number of aromatic amines is 2. The largest absolute Gasteiger partial charge is 0.369 e. The lowest BCUT2D eigenvalue weighted by atomic mass is 10.1. The van der Waals surface area contributed by atoms with Gasteiger partial charge in [0.15, 0.2) is 0 Å². The van der Waals surface area contributed by atoms with E-state index in [-0.39, 0.29) is 23.9 Å². The van der Waals surface area contributed by atoms with Crippen LogP contribution in [0.3, 0.4) is 0 Å². The van der Waals surface area contributed by atoms with Gasteiger partial charge in [0.05, 0.1) is 10.6 Å². The van der Waals surface area contributed by atoms with Gasteiger partial charge in [0.1, 0.15) is 5.69 Å². The van der Waals surface area contributed by atoms with Crippen molar-refractivity contribution in [3.05, 3.63) is 74.1 Å². The molecular weight excluding hydrogens is 396 g/mol. The number of benzene rings is 1. The van der Waals surface area contributed by atoms with Gasteiger partial charge in [0, 0.05) is 38.4 Å². The molecule has 1 aromatic carbocycles. The van der Waals surface area contributed by atoms with E-state index in [9.17, 15) is 9.59 Å². The summed E-state index contributed by atoms with van der Waals surface area (Å²) in [7, 11) is 0. The minimum absolute atomic E-state index is 0. The van der Waals surface area contributed by atoms with Crippen LogP contribution >= 0.6 is 23.7 Å². The fourth-order valence-corrected chi connectivity index (χ4v) is 4.22. The topological polar surface area (TPSA) is 72.2 Å². The number of hydrogen-bond acceptors (Lipinski definition) is 5. The minimum atomic E-state index is -0.330. The first kappa shape index (κ1) is 20.4. The highest BCUT2D eigenvalue weighted by atomic mass is 35.5. The number of nitrogens with zero attached hydrogens (tertiary/aromatic N) is 2. The fourth-order valence-electron chi connectivity index (χ4n) is 3.55. The van der Waals surface area contributed by atoms with E-state index < -0.39 is 0 Å². The van der Waals surface area contributed by atoms with Crippen molar-refractivity contribution in [2.45, 2.75) is 13.5 Å². The zero-order valence-corrected chi connectivity index (χ0v) is 17.2. The van der Waals surface area contributed by atoms with Gasteiger partial charge in [-0.1, -0.05) is 24.3 Å². The summed E-state index contributed by atoms with van der Waals surface area (Å²) in [5.74, 6) is -0.128. The number of thiophene rings is 1. The van der Waals surface area contributed by atoms with E-state index in [1.165, 1.54) is 22.6 Å². The van der Waals surface area contributed by atoms with Crippen molar-refractivity contribution in [2.24, 2.45) is 0 Å².